The van der Waals surface area contributed by atoms with Crippen LogP contribution in [0.4, 0.5) is 0 Å². The van der Waals surface area contributed by atoms with Gasteiger partial charge in [-0.1, -0.05) is 30.2 Å². The summed E-state index contributed by atoms with van der Waals surface area (Å²) in [4.78, 5) is 27.9. The number of carbonyl (C=O) groups is 2. The average Bonchev–Trinajstić information content (AvgIpc) is 2.99. The standard InChI is InChI=1S/C32H33NO6/c1-36-28-18-12-24(13-19-28)8-6-4-5-7-23-39-30-21-17-27(33-29(30)20-22-31(34)37-2)16-11-25-9-14-26(15-10-25)32(35)38-3/h6,8-10,12-15,17-19,21H,4-5,7,20,22-23H2,1-3H3/b8-6+. The lowest BCUT2D eigenvalue weighted by atomic mass is 10.1. The lowest BCUT2D eigenvalue weighted by Crippen LogP contribution is -2.07. The number of hydrogen-bond acceptors (Lipinski definition) is 7. The Balaban J connectivity index is 1.57. The number of hydrogen-bond donors (Lipinski definition) is 0. The second-order valence-corrected chi connectivity index (χ2v) is 8.56. The quantitative estimate of drug-likeness (QED) is 0.171. The molecule has 0 fully saturated rings. The molecule has 39 heavy (non-hydrogen) atoms. The van der Waals surface area contributed by atoms with Crippen LogP contribution in [0.2, 0.25) is 0 Å². The fraction of sp³-hybridized carbons (Fsp3) is 0.281. The molecule has 3 rings (SSSR count). The molecule has 0 atom stereocenters. The van der Waals surface area contributed by atoms with Crippen LogP contribution in [-0.4, -0.2) is 44.9 Å². The van der Waals surface area contributed by atoms with Gasteiger partial charge in [-0.05, 0) is 79.3 Å². The van der Waals surface area contributed by atoms with Crippen molar-refractivity contribution in [1.29, 1.82) is 0 Å². The van der Waals surface area contributed by atoms with Crippen LogP contribution < -0.4 is 9.47 Å². The molecule has 7 heteroatoms. The smallest absolute Gasteiger partial charge is 0.337 e. The summed E-state index contributed by atoms with van der Waals surface area (Å²) in [6, 6.07) is 18.4. The highest BCUT2D eigenvalue weighted by Crippen LogP contribution is 2.20. The first-order chi connectivity index (χ1) is 19.0. The van der Waals surface area contributed by atoms with Crippen molar-refractivity contribution < 1.29 is 28.5 Å². The number of aryl methyl sites for hydroxylation is 1. The Bertz CT molecular complexity index is 1320. The molecular weight excluding hydrogens is 494 g/mol. The minimum Gasteiger partial charge on any atom is -0.497 e. The number of allylic oxidation sites excluding steroid dienone is 1. The summed E-state index contributed by atoms with van der Waals surface area (Å²) >= 11 is 0. The Hall–Kier alpha value is -4.57. The van der Waals surface area contributed by atoms with Gasteiger partial charge in [-0.2, -0.15) is 0 Å². The summed E-state index contributed by atoms with van der Waals surface area (Å²) in [5.41, 5.74) is 3.55. The van der Waals surface area contributed by atoms with E-state index in [1.54, 1.807) is 37.4 Å². The Morgan fingerprint density at radius 3 is 2.33 bits per heavy atom. The zero-order chi connectivity index (χ0) is 27.9. The summed E-state index contributed by atoms with van der Waals surface area (Å²) < 4.78 is 20.7. The molecule has 0 N–H and O–H groups in total. The number of pyridine rings is 1. The summed E-state index contributed by atoms with van der Waals surface area (Å²) in [5, 5.41) is 0. The molecule has 0 bridgehead atoms. The maximum Gasteiger partial charge on any atom is 0.337 e. The van der Waals surface area contributed by atoms with E-state index < -0.39 is 5.97 Å². The molecule has 0 amide bonds. The highest BCUT2D eigenvalue weighted by molar-refractivity contribution is 5.89. The maximum atomic E-state index is 11.7. The molecule has 7 nitrogen and oxygen atoms in total. The molecule has 0 saturated carbocycles. The van der Waals surface area contributed by atoms with E-state index in [1.165, 1.54) is 14.2 Å². The first-order valence-electron chi connectivity index (χ1n) is 12.7. The predicted octanol–water partition coefficient (Wildman–Crippen LogP) is 5.64. The van der Waals surface area contributed by atoms with Crippen LogP contribution in [-0.2, 0) is 20.7 Å². The molecule has 202 valence electrons. The van der Waals surface area contributed by atoms with E-state index in [2.05, 4.69) is 29.0 Å². The first kappa shape index (κ1) is 29.0. The molecule has 0 aliphatic heterocycles. The van der Waals surface area contributed by atoms with Crippen molar-refractivity contribution in [2.75, 3.05) is 27.9 Å². The summed E-state index contributed by atoms with van der Waals surface area (Å²) in [7, 11) is 4.36. The van der Waals surface area contributed by atoms with Gasteiger partial charge in [-0.15, -0.1) is 0 Å². The lowest BCUT2D eigenvalue weighted by Gasteiger charge is -2.11. The van der Waals surface area contributed by atoms with Crippen LogP contribution in [0.1, 0.15) is 58.6 Å². The fourth-order valence-electron chi connectivity index (χ4n) is 3.62. The second kappa shape index (κ2) is 15.6. The number of benzene rings is 2. The van der Waals surface area contributed by atoms with E-state index >= 15 is 0 Å². The van der Waals surface area contributed by atoms with Crippen LogP contribution >= 0.6 is 0 Å². The maximum absolute atomic E-state index is 11.7. The van der Waals surface area contributed by atoms with Crippen molar-refractivity contribution in [3.63, 3.8) is 0 Å². The van der Waals surface area contributed by atoms with E-state index in [1.807, 2.05) is 30.3 Å². The molecule has 1 aromatic heterocycles. The highest BCUT2D eigenvalue weighted by Gasteiger charge is 2.10. The zero-order valence-electron chi connectivity index (χ0n) is 22.6. The van der Waals surface area contributed by atoms with Gasteiger partial charge in [0.1, 0.15) is 17.2 Å². The van der Waals surface area contributed by atoms with Crippen LogP contribution in [0.3, 0.4) is 0 Å². The van der Waals surface area contributed by atoms with Crippen molar-refractivity contribution in [3.8, 4) is 23.3 Å². The molecule has 3 aromatic rings. The number of esters is 2. The summed E-state index contributed by atoms with van der Waals surface area (Å²) in [6.07, 6.45) is 7.64. The Kier molecular flexibility index (Phi) is 11.6. The highest BCUT2D eigenvalue weighted by atomic mass is 16.5. The van der Waals surface area contributed by atoms with Gasteiger partial charge in [0.2, 0.25) is 0 Å². The normalized spacial score (nSPS) is 10.4. The van der Waals surface area contributed by atoms with Gasteiger partial charge in [0, 0.05) is 12.0 Å². The Labute approximate surface area is 229 Å². The minimum atomic E-state index is -0.396. The molecule has 1 heterocycles. The third kappa shape index (κ3) is 9.67. The monoisotopic (exact) mass is 527 g/mol. The third-order valence-corrected chi connectivity index (χ3v) is 5.82. The van der Waals surface area contributed by atoms with Gasteiger partial charge < -0.3 is 18.9 Å². The Morgan fingerprint density at radius 1 is 0.872 bits per heavy atom. The van der Waals surface area contributed by atoms with E-state index in [-0.39, 0.29) is 12.4 Å². The van der Waals surface area contributed by atoms with Crippen LogP contribution in [0.25, 0.3) is 6.08 Å². The molecule has 0 saturated heterocycles. The van der Waals surface area contributed by atoms with Crippen LogP contribution in [0.5, 0.6) is 11.5 Å². The van der Waals surface area contributed by atoms with E-state index in [0.29, 0.717) is 35.7 Å². The van der Waals surface area contributed by atoms with Crippen molar-refractivity contribution in [2.45, 2.75) is 32.1 Å². The van der Waals surface area contributed by atoms with E-state index in [9.17, 15) is 9.59 Å². The van der Waals surface area contributed by atoms with Crippen LogP contribution in [0.15, 0.2) is 66.7 Å². The average molecular weight is 528 g/mol. The molecule has 0 unspecified atom stereocenters. The number of rotatable bonds is 12. The fourth-order valence-corrected chi connectivity index (χ4v) is 3.62. The molecule has 2 aromatic carbocycles. The lowest BCUT2D eigenvalue weighted by molar-refractivity contribution is -0.140. The summed E-state index contributed by atoms with van der Waals surface area (Å²) in [6.45, 7) is 0.543. The zero-order valence-corrected chi connectivity index (χ0v) is 22.6. The van der Waals surface area contributed by atoms with Gasteiger partial charge in [0.15, 0.2) is 0 Å². The largest absolute Gasteiger partial charge is 0.497 e. The number of ether oxygens (including phenoxy) is 4. The van der Waals surface area contributed by atoms with Gasteiger partial charge in [-0.25, -0.2) is 9.78 Å². The van der Waals surface area contributed by atoms with Crippen molar-refractivity contribution in [1.82, 2.24) is 4.98 Å². The Morgan fingerprint density at radius 2 is 1.64 bits per heavy atom. The molecule has 0 aliphatic rings. The van der Waals surface area contributed by atoms with Gasteiger partial charge in [0.25, 0.3) is 0 Å². The van der Waals surface area contributed by atoms with Gasteiger partial charge in [-0.3, -0.25) is 4.79 Å². The first-order valence-corrected chi connectivity index (χ1v) is 12.7. The molecule has 0 radical (unpaired) electrons. The van der Waals surface area contributed by atoms with E-state index in [4.69, 9.17) is 18.9 Å². The second-order valence-electron chi connectivity index (χ2n) is 8.56. The molecule has 0 spiro atoms. The summed E-state index contributed by atoms with van der Waals surface area (Å²) in [5.74, 6) is 6.86. The minimum absolute atomic E-state index is 0.196. The van der Waals surface area contributed by atoms with Crippen molar-refractivity contribution >= 4 is 18.0 Å². The number of carbonyl (C=O) groups excluding carboxylic acids is 2. The number of aromatic nitrogens is 1. The van der Waals surface area contributed by atoms with Gasteiger partial charge in [0.05, 0.1) is 45.6 Å². The van der Waals surface area contributed by atoms with Crippen molar-refractivity contribution in [3.05, 3.63) is 94.8 Å². The third-order valence-electron chi connectivity index (χ3n) is 5.82. The van der Waals surface area contributed by atoms with Gasteiger partial charge >= 0.3 is 11.9 Å². The van der Waals surface area contributed by atoms with E-state index in [0.717, 1.165) is 36.1 Å². The molecule has 0 aliphatic carbocycles. The SMILES string of the molecule is COC(=O)CCc1nc(C#Cc2ccc(C(=O)OC)cc2)ccc1OCCCC/C=C/c1ccc(OC)cc1. The number of nitrogens with zero attached hydrogens (tertiary/aromatic N) is 1. The predicted molar refractivity (Wildman–Crippen MR) is 150 cm³/mol. The van der Waals surface area contributed by atoms with Crippen molar-refractivity contribution in [2.24, 2.45) is 0 Å². The van der Waals surface area contributed by atoms with Crippen LogP contribution in [0, 0.1) is 11.8 Å². The molecular formula is C32H33NO6. The topological polar surface area (TPSA) is 84.0 Å². The number of methoxy groups -OCH3 is 3. The number of unbranched alkanes of at least 4 members (excludes halogenated alkanes) is 2.